The molecule has 1 N–H and O–H groups in total. The minimum absolute atomic E-state index is 0.0643. The Balaban J connectivity index is 2.17. The van der Waals surface area contributed by atoms with Crippen LogP contribution in [0.4, 0.5) is 10.1 Å². The van der Waals surface area contributed by atoms with Crippen LogP contribution < -0.4 is 5.32 Å². The second-order valence-electron chi connectivity index (χ2n) is 6.55. The van der Waals surface area contributed by atoms with Gasteiger partial charge in [-0.3, -0.25) is 4.79 Å². The summed E-state index contributed by atoms with van der Waals surface area (Å²) in [6.07, 6.45) is 3.86. The van der Waals surface area contributed by atoms with Crippen molar-refractivity contribution < 1.29 is 9.18 Å². The molecule has 0 aliphatic heterocycles. The van der Waals surface area contributed by atoms with Crippen LogP contribution in [0.1, 0.15) is 62.9 Å². The molecule has 3 unspecified atom stereocenters. The molecule has 1 aliphatic carbocycles. The van der Waals surface area contributed by atoms with Crippen molar-refractivity contribution in [2.45, 2.75) is 65.1 Å². The lowest BCUT2D eigenvalue weighted by molar-refractivity contribution is 0.101. The number of hydrogen-bond acceptors (Lipinski definition) is 2. The summed E-state index contributed by atoms with van der Waals surface area (Å²) in [5.74, 6) is 0.131. The highest BCUT2D eigenvalue weighted by atomic mass is 19.1. The van der Waals surface area contributed by atoms with Gasteiger partial charge in [-0.25, -0.2) is 4.39 Å². The van der Waals surface area contributed by atoms with Crippen molar-refractivity contribution in [1.29, 1.82) is 0 Å². The zero-order valence-corrected chi connectivity index (χ0v) is 13.5. The monoisotopic (exact) mass is 291 g/mol. The average molecular weight is 291 g/mol. The fraction of sp³-hybridized carbons (Fsp3) is 0.611. The lowest BCUT2D eigenvalue weighted by Gasteiger charge is -2.19. The first-order valence-corrected chi connectivity index (χ1v) is 7.94. The van der Waals surface area contributed by atoms with E-state index in [9.17, 15) is 9.18 Å². The topological polar surface area (TPSA) is 29.1 Å². The van der Waals surface area contributed by atoms with Crippen LogP contribution in [0.25, 0.3) is 0 Å². The van der Waals surface area contributed by atoms with Crippen LogP contribution in [-0.2, 0) is 6.42 Å². The average Bonchev–Trinajstić information content (AvgIpc) is 3.06. The van der Waals surface area contributed by atoms with E-state index in [1.165, 1.54) is 5.56 Å². The molecule has 1 aromatic carbocycles. The van der Waals surface area contributed by atoms with Gasteiger partial charge in [0.25, 0.3) is 0 Å². The number of rotatable bonds is 7. The Morgan fingerprint density at radius 3 is 2.71 bits per heavy atom. The van der Waals surface area contributed by atoms with E-state index in [1.54, 1.807) is 13.8 Å². The maximum absolute atomic E-state index is 13.8. The standard InChI is InChI=1S/C18H26FNO/c1-5-6-7-14-8-9-15(13(3)21)10-17(14)20-12(2)16-11-18(16,4)19/h8-10,12,16,20H,5-7,11H2,1-4H3. The number of unbranched alkanes of at least 4 members (excludes halogenated alkanes) is 1. The number of carbonyl (C=O) groups excluding carboxylic acids is 1. The number of aryl methyl sites for hydroxylation is 1. The van der Waals surface area contributed by atoms with Crippen molar-refractivity contribution in [3.63, 3.8) is 0 Å². The van der Waals surface area contributed by atoms with Crippen LogP contribution in [0.2, 0.25) is 0 Å². The number of alkyl halides is 1. The summed E-state index contributed by atoms with van der Waals surface area (Å²) in [6.45, 7) is 7.44. The molecule has 0 saturated heterocycles. The Hall–Kier alpha value is -1.38. The number of carbonyl (C=O) groups is 1. The summed E-state index contributed by atoms with van der Waals surface area (Å²) >= 11 is 0. The number of nitrogens with one attached hydrogen (secondary N) is 1. The molecule has 2 nitrogen and oxygen atoms in total. The van der Waals surface area contributed by atoms with Crippen LogP contribution in [0, 0.1) is 5.92 Å². The van der Waals surface area contributed by atoms with Crippen molar-refractivity contribution in [3.05, 3.63) is 29.3 Å². The van der Waals surface area contributed by atoms with Gasteiger partial charge in [-0.1, -0.05) is 25.5 Å². The lowest BCUT2D eigenvalue weighted by Crippen LogP contribution is -2.22. The molecule has 1 aliphatic rings. The Bertz CT molecular complexity index is 524. The molecule has 1 fully saturated rings. The largest absolute Gasteiger partial charge is 0.382 e. The highest BCUT2D eigenvalue weighted by molar-refractivity contribution is 5.95. The van der Waals surface area contributed by atoms with E-state index in [2.05, 4.69) is 12.2 Å². The molecular weight excluding hydrogens is 265 g/mol. The summed E-state index contributed by atoms with van der Waals surface area (Å²) < 4.78 is 13.8. The van der Waals surface area contributed by atoms with Crippen LogP contribution in [0.5, 0.6) is 0 Å². The fourth-order valence-electron chi connectivity index (χ4n) is 2.93. The number of Topliss-reactive ketones (excluding diaryl/α,β-unsaturated/α-hetero) is 1. The van der Waals surface area contributed by atoms with E-state index in [0.29, 0.717) is 12.0 Å². The highest BCUT2D eigenvalue weighted by Gasteiger charge is 2.53. The molecule has 1 aromatic rings. The normalized spacial score (nSPS) is 25.5. The van der Waals surface area contributed by atoms with E-state index in [1.807, 2.05) is 25.1 Å². The smallest absolute Gasteiger partial charge is 0.159 e. The summed E-state index contributed by atoms with van der Waals surface area (Å²) in [4.78, 5) is 11.6. The van der Waals surface area contributed by atoms with E-state index in [-0.39, 0.29) is 17.7 Å². The molecule has 0 bridgehead atoms. The van der Waals surface area contributed by atoms with Gasteiger partial charge in [-0.2, -0.15) is 0 Å². The van der Waals surface area contributed by atoms with E-state index in [0.717, 1.165) is 24.9 Å². The van der Waals surface area contributed by atoms with Crippen LogP contribution in [-0.4, -0.2) is 17.5 Å². The molecule has 1 saturated carbocycles. The minimum Gasteiger partial charge on any atom is -0.382 e. The Morgan fingerprint density at radius 1 is 1.52 bits per heavy atom. The molecule has 116 valence electrons. The summed E-state index contributed by atoms with van der Waals surface area (Å²) in [7, 11) is 0. The Labute approximate surface area is 127 Å². The predicted octanol–water partition coefficient (Wildman–Crippen LogP) is 4.78. The predicted molar refractivity (Wildman–Crippen MR) is 85.8 cm³/mol. The number of hydrogen-bond donors (Lipinski definition) is 1. The van der Waals surface area contributed by atoms with Gasteiger partial charge in [0, 0.05) is 23.2 Å². The molecule has 21 heavy (non-hydrogen) atoms. The quantitative estimate of drug-likeness (QED) is 0.732. The van der Waals surface area contributed by atoms with E-state index < -0.39 is 5.67 Å². The third-order valence-electron chi connectivity index (χ3n) is 4.53. The van der Waals surface area contributed by atoms with Gasteiger partial charge in [0.05, 0.1) is 0 Å². The van der Waals surface area contributed by atoms with Gasteiger partial charge in [-0.05, 0) is 51.7 Å². The van der Waals surface area contributed by atoms with Crippen molar-refractivity contribution in [1.82, 2.24) is 0 Å². The van der Waals surface area contributed by atoms with Gasteiger partial charge in [0.15, 0.2) is 5.78 Å². The zero-order valence-electron chi connectivity index (χ0n) is 13.5. The van der Waals surface area contributed by atoms with Crippen molar-refractivity contribution in [2.24, 2.45) is 5.92 Å². The maximum Gasteiger partial charge on any atom is 0.159 e. The fourth-order valence-corrected chi connectivity index (χ4v) is 2.93. The maximum atomic E-state index is 13.8. The van der Waals surface area contributed by atoms with Crippen molar-refractivity contribution in [3.8, 4) is 0 Å². The molecule has 0 amide bonds. The van der Waals surface area contributed by atoms with Crippen molar-refractivity contribution in [2.75, 3.05) is 5.32 Å². The second kappa shape index (κ2) is 6.17. The second-order valence-corrected chi connectivity index (χ2v) is 6.55. The van der Waals surface area contributed by atoms with Crippen LogP contribution in [0.15, 0.2) is 18.2 Å². The first-order valence-electron chi connectivity index (χ1n) is 7.94. The highest BCUT2D eigenvalue weighted by Crippen LogP contribution is 2.49. The van der Waals surface area contributed by atoms with E-state index >= 15 is 0 Å². The minimum atomic E-state index is -1.03. The van der Waals surface area contributed by atoms with Gasteiger partial charge in [0.2, 0.25) is 0 Å². The number of anilines is 1. The third kappa shape index (κ3) is 3.84. The SMILES string of the molecule is CCCCc1ccc(C(C)=O)cc1NC(C)C1CC1(C)F. The number of ketones is 1. The van der Waals surface area contributed by atoms with Crippen LogP contribution in [0.3, 0.4) is 0 Å². The first-order chi connectivity index (χ1) is 9.85. The molecule has 0 spiro atoms. The summed E-state index contributed by atoms with van der Waals surface area (Å²) in [5.41, 5.74) is 1.89. The van der Waals surface area contributed by atoms with Crippen LogP contribution >= 0.6 is 0 Å². The first kappa shape index (κ1) is 16.0. The molecule has 0 heterocycles. The van der Waals surface area contributed by atoms with Gasteiger partial charge >= 0.3 is 0 Å². The van der Waals surface area contributed by atoms with Gasteiger partial charge in [-0.15, -0.1) is 0 Å². The number of halogens is 1. The lowest BCUT2D eigenvalue weighted by atomic mass is 10.0. The molecule has 3 atom stereocenters. The van der Waals surface area contributed by atoms with E-state index in [4.69, 9.17) is 0 Å². The summed E-state index contributed by atoms with van der Waals surface area (Å²) in [6, 6.07) is 5.92. The van der Waals surface area contributed by atoms with Crippen molar-refractivity contribution >= 4 is 11.5 Å². The molecular formula is C18H26FNO. The van der Waals surface area contributed by atoms with Gasteiger partial charge < -0.3 is 5.32 Å². The Kier molecular flexibility index (Phi) is 4.70. The zero-order chi connectivity index (χ0) is 15.6. The molecule has 0 aromatic heterocycles. The van der Waals surface area contributed by atoms with Gasteiger partial charge in [0.1, 0.15) is 5.67 Å². The molecule has 0 radical (unpaired) electrons. The number of benzene rings is 1. The Morgan fingerprint density at radius 2 is 2.19 bits per heavy atom. The molecule has 2 rings (SSSR count). The summed E-state index contributed by atoms with van der Waals surface area (Å²) in [5, 5.41) is 3.44. The third-order valence-corrected chi connectivity index (χ3v) is 4.53. The molecule has 3 heteroatoms.